The van der Waals surface area contributed by atoms with E-state index in [1.54, 1.807) is 0 Å². The van der Waals surface area contributed by atoms with Crippen LogP contribution in [0.1, 0.15) is 0 Å². The molecule has 0 atom stereocenters. The predicted octanol–water partition coefficient (Wildman–Crippen LogP) is 8.67. The van der Waals surface area contributed by atoms with E-state index >= 15 is 0 Å². The van der Waals surface area contributed by atoms with Gasteiger partial charge >= 0.3 is 0 Å². The molecule has 0 unspecified atom stereocenters. The number of oxazole rings is 1. The molecule has 3 aromatic heterocycles. The van der Waals surface area contributed by atoms with Crippen LogP contribution in [0.2, 0.25) is 0 Å². The van der Waals surface area contributed by atoms with E-state index < -0.39 is 0 Å². The standard InChI is InChI=1S/C33H19N3O2/c1-3-15-26-24(12-1)30(25-14-8-13-23-22-11-2-5-17-28(22)37-31(23)25)36-32(34-26)20-9-7-10-21(19-20)33-35-27-16-4-6-18-29(27)38-33/h1-19H. The van der Waals surface area contributed by atoms with Crippen molar-refractivity contribution in [2.24, 2.45) is 0 Å². The number of nitrogens with zero attached hydrogens (tertiary/aromatic N) is 3. The predicted molar refractivity (Wildman–Crippen MR) is 151 cm³/mol. The molecule has 0 amide bonds. The first-order valence-electron chi connectivity index (χ1n) is 12.5. The van der Waals surface area contributed by atoms with E-state index in [2.05, 4.69) is 35.3 Å². The maximum absolute atomic E-state index is 6.36. The molecular weight excluding hydrogens is 470 g/mol. The van der Waals surface area contributed by atoms with Crippen molar-refractivity contribution in [2.45, 2.75) is 0 Å². The molecule has 0 radical (unpaired) electrons. The van der Waals surface area contributed by atoms with E-state index in [1.165, 1.54) is 0 Å². The van der Waals surface area contributed by atoms with E-state index in [0.29, 0.717) is 11.7 Å². The summed E-state index contributed by atoms with van der Waals surface area (Å²) in [7, 11) is 0. The van der Waals surface area contributed by atoms with Crippen LogP contribution in [0.5, 0.6) is 0 Å². The third-order valence-electron chi connectivity index (χ3n) is 6.92. The van der Waals surface area contributed by atoms with Crippen molar-refractivity contribution in [3.63, 3.8) is 0 Å². The van der Waals surface area contributed by atoms with E-state index in [9.17, 15) is 0 Å². The Bertz CT molecular complexity index is 2120. The van der Waals surface area contributed by atoms with Crippen molar-refractivity contribution >= 4 is 43.9 Å². The summed E-state index contributed by atoms with van der Waals surface area (Å²) in [5.74, 6) is 1.20. The molecule has 0 aliphatic rings. The van der Waals surface area contributed by atoms with Gasteiger partial charge in [0.05, 0.1) is 11.2 Å². The van der Waals surface area contributed by atoms with Crippen molar-refractivity contribution in [3.8, 4) is 34.1 Å². The van der Waals surface area contributed by atoms with Crippen molar-refractivity contribution in [1.82, 2.24) is 15.0 Å². The summed E-state index contributed by atoms with van der Waals surface area (Å²) in [5, 5.41) is 3.13. The molecule has 0 fully saturated rings. The smallest absolute Gasteiger partial charge is 0.227 e. The van der Waals surface area contributed by atoms with Gasteiger partial charge in [-0.05, 0) is 42.5 Å². The molecule has 0 aliphatic heterocycles. The van der Waals surface area contributed by atoms with Crippen LogP contribution in [0.3, 0.4) is 0 Å². The van der Waals surface area contributed by atoms with E-state index in [4.69, 9.17) is 18.8 Å². The average Bonchev–Trinajstić information content (AvgIpc) is 3.59. The summed E-state index contributed by atoms with van der Waals surface area (Å²) in [5.41, 5.74) is 7.67. The van der Waals surface area contributed by atoms with Gasteiger partial charge in [0.25, 0.3) is 0 Å². The quantitative estimate of drug-likeness (QED) is 0.248. The number of hydrogen-bond acceptors (Lipinski definition) is 5. The molecule has 8 rings (SSSR count). The number of rotatable bonds is 3. The van der Waals surface area contributed by atoms with Gasteiger partial charge in [0, 0.05) is 32.8 Å². The molecule has 8 aromatic rings. The minimum atomic E-state index is 0.570. The molecular formula is C33H19N3O2. The van der Waals surface area contributed by atoms with Crippen LogP contribution in [0.15, 0.2) is 124 Å². The second-order valence-corrected chi connectivity index (χ2v) is 9.26. The summed E-state index contributed by atoms with van der Waals surface area (Å²) in [6.07, 6.45) is 0. The highest BCUT2D eigenvalue weighted by Gasteiger charge is 2.18. The summed E-state index contributed by atoms with van der Waals surface area (Å²) in [4.78, 5) is 14.7. The number of furan rings is 1. The van der Waals surface area contributed by atoms with Crippen LogP contribution in [0, 0.1) is 0 Å². The topological polar surface area (TPSA) is 65.0 Å². The number of para-hydroxylation sites is 5. The highest BCUT2D eigenvalue weighted by molar-refractivity contribution is 6.11. The lowest BCUT2D eigenvalue weighted by molar-refractivity contribution is 0.620. The van der Waals surface area contributed by atoms with E-state index in [1.807, 2.05) is 84.9 Å². The van der Waals surface area contributed by atoms with Crippen LogP contribution >= 0.6 is 0 Å². The molecule has 0 saturated heterocycles. The third kappa shape index (κ3) is 3.22. The molecule has 3 heterocycles. The highest BCUT2D eigenvalue weighted by atomic mass is 16.3. The molecule has 0 saturated carbocycles. The first-order chi connectivity index (χ1) is 18.8. The normalized spacial score (nSPS) is 11.7. The van der Waals surface area contributed by atoms with Crippen LogP contribution in [0.25, 0.3) is 78.0 Å². The zero-order valence-electron chi connectivity index (χ0n) is 20.1. The lowest BCUT2D eigenvalue weighted by Gasteiger charge is -2.10. The van der Waals surface area contributed by atoms with Gasteiger partial charge in [-0.1, -0.05) is 72.8 Å². The van der Waals surface area contributed by atoms with Crippen molar-refractivity contribution in [1.29, 1.82) is 0 Å². The van der Waals surface area contributed by atoms with Gasteiger partial charge < -0.3 is 8.83 Å². The minimum Gasteiger partial charge on any atom is -0.455 e. The zero-order valence-corrected chi connectivity index (χ0v) is 20.1. The molecule has 0 bridgehead atoms. The number of hydrogen-bond donors (Lipinski definition) is 0. The van der Waals surface area contributed by atoms with Crippen LogP contribution in [-0.4, -0.2) is 15.0 Å². The molecule has 178 valence electrons. The Balaban J connectivity index is 1.34. The maximum atomic E-state index is 6.36. The van der Waals surface area contributed by atoms with Crippen molar-refractivity contribution in [2.75, 3.05) is 0 Å². The van der Waals surface area contributed by atoms with Gasteiger partial charge in [-0.3, -0.25) is 0 Å². The first kappa shape index (κ1) is 20.9. The second kappa shape index (κ2) is 8.11. The number of fused-ring (bicyclic) bond motifs is 5. The molecule has 5 nitrogen and oxygen atoms in total. The fourth-order valence-corrected chi connectivity index (χ4v) is 5.13. The van der Waals surface area contributed by atoms with Gasteiger partial charge in [-0.25, -0.2) is 15.0 Å². The second-order valence-electron chi connectivity index (χ2n) is 9.26. The largest absolute Gasteiger partial charge is 0.455 e. The SMILES string of the molecule is c1cc(-c2nc(-c3cccc4c3oc3ccccc34)c3ccccc3n2)cc(-c2nc3ccccc3o2)c1. The van der Waals surface area contributed by atoms with Crippen molar-refractivity contribution in [3.05, 3.63) is 115 Å². The molecule has 5 aromatic carbocycles. The monoisotopic (exact) mass is 489 g/mol. The summed E-state index contributed by atoms with van der Waals surface area (Å²) < 4.78 is 12.4. The Morgan fingerprint density at radius 3 is 2.08 bits per heavy atom. The summed E-state index contributed by atoms with van der Waals surface area (Å²) >= 11 is 0. The van der Waals surface area contributed by atoms with E-state index in [-0.39, 0.29) is 0 Å². The zero-order chi connectivity index (χ0) is 25.1. The molecule has 0 aliphatic carbocycles. The molecule has 0 N–H and O–H groups in total. The van der Waals surface area contributed by atoms with Crippen LogP contribution in [0.4, 0.5) is 0 Å². The summed E-state index contributed by atoms with van der Waals surface area (Å²) in [6.45, 7) is 0. The fraction of sp³-hybridized carbons (Fsp3) is 0. The first-order valence-corrected chi connectivity index (χ1v) is 12.5. The van der Waals surface area contributed by atoms with Gasteiger partial charge in [-0.15, -0.1) is 0 Å². The third-order valence-corrected chi connectivity index (χ3v) is 6.92. The Morgan fingerprint density at radius 1 is 0.474 bits per heavy atom. The van der Waals surface area contributed by atoms with Crippen LogP contribution < -0.4 is 0 Å². The minimum absolute atomic E-state index is 0.570. The lowest BCUT2D eigenvalue weighted by Crippen LogP contribution is -1.95. The van der Waals surface area contributed by atoms with E-state index in [0.717, 1.165) is 66.3 Å². The lowest BCUT2D eigenvalue weighted by atomic mass is 10.0. The van der Waals surface area contributed by atoms with Crippen LogP contribution in [-0.2, 0) is 0 Å². The fourth-order valence-electron chi connectivity index (χ4n) is 5.13. The molecule has 38 heavy (non-hydrogen) atoms. The number of aromatic nitrogens is 3. The van der Waals surface area contributed by atoms with Gasteiger partial charge in [0.2, 0.25) is 5.89 Å². The summed E-state index contributed by atoms with van der Waals surface area (Å²) in [6, 6.07) is 38.2. The molecule has 5 heteroatoms. The Kier molecular flexibility index (Phi) is 4.45. The Morgan fingerprint density at radius 2 is 1.18 bits per heavy atom. The Hall–Kier alpha value is -5.29. The molecule has 0 spiro atoms. The average molecular weight is 490 g/mol. The number of benzene rings is 5. The van der Waals surface area contributed by atoms with Gasteiger partial charge in [0.15, 0.2) is 11.4 Å². The highest BCUT2D eigenvalue weighted by Crippen LogP contribution is 2.38. The van der Waals surface area contributed by atoms with Gasteiger partial charge in [-0.2, -0.15) is 0 Å². The van der Waals surface area contributed by atoms with Gasteiger partial charge in [0.1, 0.15) is 16.7 Å². The maximum Gasteiger partial charge on any atom is 0.227 e. The van der Waals surface area contributed by atoms with Crippen molar-refractivity contribution < 1.29 is 8.83 Å². The Labute approximate surface area is 217 Å².